The number of nitrogens with one attached hydrogen (secondary N) is 1. The summed E-state index contributed by atoms with van der Waals surface area (Å²) in [6, 6.07) is 19.3. The van der Waals surface area contributed by atoms with Crippen LogP contribution in [0.15, 0.2) is 60.7 Å². The maximum atomic E-state index is 10.5. The van der Waals surface area contributed by atoms with Gasteiger partial charge >= 0.3 is 0 Å². The molecule has 0 saturated carbocycles. The number of hydrogen-bond acceptors (Lipinski definition) is 3. The minimum Gasteiger partial charge on any atom is -0.507 e. The van der Waals surface area contributed by atoms with Crippen LogP contribution >= 0.6 is 0 Å². The summed E-state index contributed by atoms with van der Waals surface area (Å²) < 4.78 is 0. The lowest BCUT2D eigenvalue weighted by Crippen LogP contribution is -1.98. The quantitative estimate of drug-likeness (QED) is 0.629. The molecular weight excluding hydrogens is 250 g/mol. The first-order chi connectivity index (χ1) is 9.79. The second-order valence-corrected chi connectivity index (χ2v) is 4.75. The summed E-state index contributed by atoms with van der Waals surface area (Å²) in [5, 5.41) is 21.5. The second kappa shape index (κ2) is 5.23. The average Bonchev–Trinajstić information content (AvgIpc) is 2.51. The molecule has 3 heteroatoms. The number of phenols is 1. The Hall–Kier alpha value is -2.52. The van der Waals surface area contributed by atoms with Gasteiger partial charge in [0.1, 0.15) is 5.75 Å². The Morgan fingerprint density at radius 1 is 0.900 bits per heavy atom. The van der Waals surface area contributed by atoms with E-state index in [9.17, 15) is 10.3 Å². The van der Waals surface area contributed by atoms with Gasteiger partial charge in [0.05, 0.1) is 5.69 Å². The molecule has 0 atom stereocenters. The molecule has 0 bridgehead atoms. The van der Waals surface area contributed by atoms with Crippen LogP contribution in [0.2, 0.25) is 0 Å². The van der Waals surface area contributed by atoms with Gasteiger partial charge in [0, 0.05) is 17.4 Å². The third-order valence-electron chi connectivity index (χ3n) is 3.47. The fourth-order valence-corrected chi connectivity index (χ4v) is 2.45. The summed E-state index contributed by atoms with van der Waals surface area (Å²) in [6.07, 6.45) is 0.556. The van der Waals surface area contributed by atoms with Gasteiger partial charge in [-0.05, 0) is 17.0 Å². The van der Waals surface area contributed by atoms with Crippen molar-refractivity contribution >= 4 is 16.5 Å². The molecule has 0 spiro atoms. The van der Waals surface area contributed by atoms with Crippen molar-refractivity contribution in [1.29, 1.82) is 0 Å². The van der Waals surface area contributed by atoms with Crippen molar-refractivity contribution in [3.8, 4) is 5.75 Å². The first kappa shape index (κ1) is 12.5. The smallest absolute Gasteiger partial charge is 0.129 e. The van der Waals surface area contributed by atoms with E-state index in [1.54, 1.807) is 0 Å². The van der Waals surface area contributed by atoms with E-state index in [0.29, 0.717) is 17.7 Å². The Kier molecular flexibility index (Phi) is 3.27. The Labute approximate surface area is 117 Å². The maximum absolute atomic E-state index is 10.5. The van der Waals surface area contributed by atoms with E-state index in [2.05, 4.69) is 5.48 Å². The van der Waals surface area contributed by atoms with Crippen LogP contribution in [-0.2, 0) is 6.42 Å². The van der Waals surface area contributed by atoms with E-state index in [4.69, 9.17) is 0 Å². The van der Waals surface area contributed by atoms with Crippen LogP contribution in [0.5, 0.6) is 5.75 Å². The van der Waals surface area contributed by atoms with E-state index in [1.165, 1.54) is 0 Å². The number of rotatable bonds is 3. The molecule has 0 aliphatic heterocycles. The normalized spacial score (nSPS) is 10.7. The van der Waals surface area contributed by atoms with Gasteiger partial charge in [0.2, 0.25) is 0 Å². The average molecular weight is 265 g/mol. The van der Waals surface area contributed by atoms with Crippen LogP contribution in [-0.4, -0.2) is 10.3 Å². The maximum Gasteiger partial charge on any atom is 0.129 e. The summed E-state index contributed by atoms with van der Waals surface area (Å²) in [6.45, 7) is 0. The zero-order valence-corrected chi connectivity index (χ0v) is 10.9. The molecule has 3 nitrogen and oxygen atoms in total. The molecule has 0 amide bonds. The highest BCUT2D eigenvalue weighted by Gasteiger charge is 2.12. The van der Waals surface area contributed by atoms with Crippen molar-refractivity contribution in [1.82, 2.24) is 0 Å². The SMILES string of the molecule is ONc1cc2ccccc2c(O)c1Cc1ccccc1. The lowest BCUT2D eigenvalue weighted by atomic mass is 9.98. The molecule has 3 rings (SSSR count). The van der Waals surface area contributed by atoms with Crippen LogP contribution in [0, 0.1) is 0 Å². The number of phenolic OH excluding ortho intramolecular Hbond substituents is 1. The topological polar surface area (TPSA) is 52.5 Å². The molecule has 3 N–H and O–H groups in total. The summed E-state index contributed by atoms with van der Waals surface area (Å²) in [5.74, 6) is 0.212. The number of anilines is 1. The lowest BCUT2D eigenvalue weighted by Gasteiger charge is -2.13. The van der Waals surface area contributed by atoms with Gasteiger partial charge in [-0.2, -0.15) is 0 Å². The Morgan fingerprint density at radius 2 is 1.60 bits per heavy atom. The minimum atomic E-state index is 0.212. The van der Waals surface area contributed by atoms with Gasteiger partial charge in [-0.25, -0.2) is 0 Å². The van der Waals surface area contributed by atoms with Crippen LogP contribution in [0.25, 0.3) is 10.8 Å². The summed E-state index contributed by atoms with van der Waals surface area (Å²) in [5.41, 5.74) is 4.49. The monoisotopic (exact) mass is 265 g/mol. The lowest BCUT2D eigenvalue weighted by molar-refractivity contribution is 0.387. The highest BCUT2D eigenvalue weighted by molar-refractivity contribution is 5.93. The molecule has 3 aromatic carbocycles. The number of hydrogen-bond donors (Lipinski definition) is 3. The van der Waals surface area contributed by atoms with Crippen LogP contribution in [0.1, 0.15) is 11.1 Å². The molecule has 0 fully saturated rings. The van der Waals surface area contributed by atoms with Gasteiger partial charge < -0.3 is 5.11 Å². The zero-order chi connectivity index (χ0) is 13.9. The predicted octanol–water partition coefficient (Wildman–Crippen LogP) is 3.94. The molecular formula is C17H15NO2. The van der Waals surface area contributed by atoms with E-state index in [0.717, 1.165) is 16.3 Å². The largest absolute Gasteiger partial charge is 0.507 e. The highest BCUT2D eigenvalue weighted by Crippen LogP contribution is 2.35. The fourth-order valence-electron chi connectivity index (χ4n) is 2.45. The molecule has 0 aromatic heterocycles. The van der Waals surface area contributed by atoms with Gasteiger partial charge in [-0.15, -0.1) is 0 Å². The third kappa shape index (κ3) is 2.19. The molecule has 0 radical (unpaired) electrons. The second-order valence-electron chi connectivity index (χ2n) is 4.75. The van der Waals surface area contributed by atoms with Gasteiger partial charge in [-0.1, -0.05) is 54.6 Å². The van der Waals surface area contributed by atoms with Crippen molar-refractivity contribution in [2.75, 3.05) is 5.48 Å². The molecule has 0 saturated heterocycles. The molecule has 0 heterocycles. The molecule has 0 aliphatic carbocycles. The van der Waals surface area contributed by atoms with E-state index < -0.39 is 0 Å². The van der Waals surface area contributed by atoms with Crippen molar-refractivity contribution in [3.63, 3.8) is 0 Å². The molecule has 3 aromatic rings. The highest BCUT2D eigenvalue weighted by atomic mass is 16.5. The molecule has 100 valence electrons. The number of fused-ring (bicyclic) bond motifs is 1. The fraction of sp³-hybridized carbons (Fsp3) is 0.0588. The standard InChI is InChI=1S/C17H15NO2/c19-17-14-9-5-4-8-13(14)11-16(18-20)15(17)10-12-6-2-1-3-7-12/h1-9,11,18-20H,10H2. The zero-order valence-electron chi connectivity index (χ0n) is 10.9. The molecule has 0 aliphatic rings. The molecule has 20 heavy (non-hydrogen) atoms. The predicted molar refractivity (Wildman–Crippen MR) is 80.3 cm³/mol. The van der Waals surface area contributed by atoms with Crippen molar-refractivity contribution in [2.45, 2.75) is 6.42 Å². The minimum absolute atomic E-state index is 0.212. The first-order valence-electron chi connectivity index (χ1n) is 6.47. The van der Waals surface area contributed by atoms with Gasteiger partial charge in [0.15, 0.2) is 0 Å². The summed E-state index contributed by atoms with van der Waals surface area (Å²) >= 11 is 0. The van der Waals surface area contributed by atoms with Gasteiger partial charge in [-0.3, -0.25) is 10.7 Å². The third-order valence-corrected chi connectivity index (χ3v) is 3.47. The van der Waals surface area contributed by atoms with E-state index in [1.807, 2.05) is 60.7 Å². The van der Waals surface area contributed by atoms with Crippen LogP contribution in [0.3, 0.4) is 0 Å². The Morgan fingerprint density at radius 3 is 2.35 bits per heavy atom. The number of benzene rings is 3. The van der Waals surface area contributed by atoms with Crippen molar-refractivity contribution in [2.24, 2.45) is 0 Å². The van der Waals surface area contributed by atoms with E-state index in [-0.39, 0.29) is 5.75 Å². The van der Waals surface area contributed by atoms with Crippen molar-refractivity contribution < 1.29 is 10.3 Å². The van der Waals surface area contributed by atoms with Crippen LogP contribution in [0.4, 0.5) is 5.69 Å². The van der Waals surface area contributed by atoms with Gasteiger partial charge in [0.25, 0.3) is 0 Å². The summed E-state index contributed by atoms with van der Waals surface area (Å²) in [4.78, 5) is 0. The Bertz CT molecular complexity index is 739. The van der Waals surface area contributed by atoms with E-state index >= 15 is 0 Å². The summed E-state index contributed by atoms with van der Waals surface area (Å²) in [7, 11) is 0. The van der Waals surface area contributed by atoms with Crippen LogP contribution < -0.4 is 5.48 Å². The number of aromatic hydroxyl groups is 1. The first-order valence-corrected chi connectivity index (χ1v) is 6.47. The van der Waals surface area contributed by atoms with Crippen molar-refractivity contribution in [3.05, 3.63) is 71.8 Å². The molecule has 0 unspecified atom stereocenters. The Balaban J connectivity index is 2.16.